The largest absolute Gasteiger partial charge is 0.481 e. The van der Waals surface area contributed by atoms with Crippen LogP contribution in [0.5, 0.6) is 0 Å². The molecule has 2 rings (SSSR count). The van der Waals surface area contributed by atoms with E-state index in [1.165, 1.54) is 0 Å². The van der Waals surface area contributed by atoms with Crippen LogP contribution < -0.4 is 0 Å². The summed E-state index contributed by atoms with van der Waals surface area (Å²) >= 11 is 0. The number of carbonyl (C=O) groups is 2. The molecule has 0 saturated carbocycles. The number of likely N-dealkylation sites (tertiary alicyclic amines) is 1. The lowest BCUT2D eigenvalue weighted by atomic mass is 9.97. The molecule has 1 aromatic rings. The topological polar surface area (TPSA) is 75.4 Å². The maximum Gasteiger partial charge on any atom is 0.303 e. The second kappa shape index (κ2) is 8.13. The van der Waals surface area contributed by atoms with Crippen LogP contribution in [0, 0.1) is 0 Å². The summed E-state index contributed by atoms with van der Waals surface area (Å²) in [6.07, 6.45) is 7.38. The highest BCUT2D eigenvalue weighted by molar-refractivity contribution is 5.92. The predicted octanol–water partition coefficient (Wildman–Crippen LogP) is 3.10. The van der Waals surface area contributed by atoms with Crippen molar-refractivity contribution >= 4 is 11.9 Å². The van der Waals surface area contributed by atoms with E-state index in [1.807, 2.05) is 15.8 Å². The number of carbonyl (C=O) groups excluding carboxylic acids is 1. The van der Waals surface area contributed by atoms with Gasteiger partial charge in [-0.3, -0.25) is 14.3 Å². The first-order valence-electron chi connectivity index (χ1n) is 8.64. The number of aliphatic carboxylic acids is 1. The van der Waals surface area contributed by atoms with Gasteiger partial charge >= 0.3 is 5.97 Å². The molecular weight excluding hydrogens is 294 g/mol. The molecule has 0 aliphatic carbocycles. The number of piperidine rings is 1. The Morgan fingerprint density at radius 3 is 2.74 bits per heavy atom. The monoisotopic (exact) mass is 321 g/mol. The molecule has 2 heterocycles. The van der Waals surface area contributed by atoms with Crippen molar-refractivity contribution in [3.8, 4) is 0 Å². The number of rotatable bonds is 7. The lowest BCUT2D eigenvalue weighted by molar-refractivity contribution is -0.137. The number of hydrogen-bond donors (Lipinski definition) is 1. The zero-order chi connectivity index (χ0) is 16.8. The summed E-state index contributed by atoms with van der Waals surface area (Å²) < 4.78 is 1.88. The van der Waals surface area contributed by atoms with Gasteiger partial charge in [0, 0.05) is 25.2 Å². The fourth-order valence-corrected chi connectivity index (χ4v) is 3.32. The molecule has 128 valence electrons. The van der Waals surface area contributed by atoms with Gasteiger partial charge in [-0.15, -0.1) is 0 Å². The van der Waals surface area contributed by atoms with E-state index < -0.39 is 5.97 Å². The van der Waals surface area contributed by atoms with Gasteiger partial charge in [-0.1, -0.05) is 13.8 Å². The summed E-state index contributed by atoms with van der Waals surface area (Å²) in [5.74, 6) is -0.870. The van der Waals surface area contributed by atoms with E-state index >= 15 is 0 Å². The molecule has 1 aromatic heterocycles. The Balaban J connectivity index is 2.09. The van der Waals surface area contributed by atoms with Gasteiger partial charge in [0.15, 0.2) is 0 Å². The van der Waals surface area contributed by atoms with E-state index in [0.717, 1.165) is 32.1 Å². The molecule has 1 fully saturated rings. The van der Waals surface area contributed by atoms with E-state index in [1.54, 1.807) is 6.07 Å². The van der Waals surface area contributed by atoms with Crippen molar-refractivity contribution in [1.29, 1.82) is 0 Å². The summed E-state index contributed by atoms with van der Waals surface area (Å²) in [6.45, 7) is 4.93. The Bertz CT molecular complexity index is 537. The normalized spacial score (nSPS) is 18.4. The van der Waals surface area contributed by atoms with Crippen LogP contribution in [-0.4, -0.2) is 44.3 Å². The molecule has 0 bridgehead atoms. The number of carboxylic acid groups (broad SMARTS) is 1. The average molecular weight is 321 g/mol. The highest BCUT2D eigenvalue weighted by Crippen LogP contribution is 2.23. The highest BCUT2D eigenvalue weighted by Gasteiger charge is 2.29. The first-order chi connectivity index (χ1) is 11.1. The minimum absolute atomic E-state index is 0.0191. The molecule has 0 radical (unpaired) electrons. The summed E-state index contributed by atoms with van der Waals surface area (Å²) in [7, 11) is 0. The van der Waals surface area contributed by atoms with Gasteiger partial charge in [-0.05, 0) is 44.6 Å². The minimum Gasteiger partial charge on any atom is -0.481 e. The van der Waals surface area contributed by atoms with Crippen LogP contribution in [0.25, 0.3) is 0 Å². The van der Waals surface area contributed by atoms with Crippen LogP contribution in [0.2, 0.25) is 0 Å². The second-order valence-electron chi connectivity index (χ2n) is 6.23. The second-order valence-corrected chi connectivity index (χ2v) is 6.23. The number of nitrogens with zero attached hydrogens (tertiary/aromatic N) is 3. The van der Waals surface area contributed by atoms with Crippen molar-refractivity contribution in [1.82, 2.24) is 14.7 Å². The van der Waals surface area contributed by atoms with E-state index in [4.69, 9.17) is 5.11 Å². The van der Waals surface area contributed by atoms with Crippen molar-refractivity contribution < 1.29 is 14.7 Å². The number of amides is 1. The van der Waals surface area contributed by atoms with Crippen LogP contribution in [0.15, 0.2) is 12.3 Å². The molecule has 0 aromatic carbocycles. The van der Waals surface area contributed by atoms with Gasteiger partial charge in [0.25, 0.3) is 5.91 Å². The lowest BCUT2D eigenvalue weighted by Crippen LogP contribution is -2.44. The number of aromatic nitrogens is 2. The molecule has 6 nitrogen and oxygen atoms in total. The minimum atomic E-state index is -0.805. The smallest absolute Gasteiger partial charge is 0.303 e. The maximum absolute atomic E-state index is 12.8. The van der Waals surface area contributed by atoms with Crippen LogP contribution >= 0.6 is 0 Å². The van der Waals surface area contributed by atoms with Gasteiger partial charge in [-0.25, -0.2) is 0 Å². The SMILES string of the molecule is CCC(CC)n1ccc(C(=O)N2CCCCC2CCC(=O)O)n1. The Kier molecular flexibility index (Phi) is 6.19. The molecule has 1 aliphatic heterocycles. The maximum atomic E-state index is 12.8. The molecule has 1 amide bonds. The third kappa shape index (κ3) is 4.33. The molecule has 1 saturated heterocycles. The Labute approximate surface area is 137 Å². The van der Waals surface area contributed by atoms with Crippen molar-refractivity contribution in [2.75, 3.05) is 6.54 Å². The van der Waals surface area contributed by atoms with Crippen molar-refractivity contribution in [2.24, 2.45) is 0 Å². The van der Waals surface area contributed by atoms with Gasteiger partial charge in [-0.2, -0.15) is 5.10 Å². The van der Waals surface area contributed by atoms with E-state index in [-0.39, 0.29) is 18.4 Å². The fourth-order valence-electron chi connectivity index (χ4n) is 3.32. The summed E-state index contributed by atoms with van der Waals surface area (Å²) in [4.78, 5) is 25.4. The molecule has 6 heteroatoms. The zero-order valence-corrected chi connectivity index (χ0v) is 14.1. The quantitative estimate of drug-likeness (QED) is 0.837. The van der Waals surface area contributed by atoms with Crippen molar-refractivity contribution in [3.05, 3.63) is 18.0 Å². The Morgan fingerprint density at radius 2 is 2.09 bits per heavy atom. The lowest BCUT2D eigenvalue weighted by Gasteiger charge is -2.35. The number of hydrogen-bond acceptors (Lipinski definition) is 3. The van der Waals surface area contributed by atoms with Gasteiger partial charge < -0.3 is 10.0 Å². The zero-order valence-electron chi connectivity index (χ0n) is 14.1. The van der Waals surface area contributed by atoms with Crippen molar-refractivity contribution in [2.45, 2.75) is 70.9 Å². The van der Waals surface area contributed by atoms with Crippen LogP contribution in [-0.2, 0) is 4.79 Å². The van der Waals surface area contributed by atoms with E-state index in [0.29, 0.717) is 24.7 Å². The third-order valence-electron chi connectivity index (χ3n) is 4.72. The molecule has 1 N–H and O–H groups in total. The Morgan fingerprint density at radius 1 is 1.35 bits per heavy atom. The van der Waals surface area contributed by atoms with Gasteiger partial charge in [0.1, 0.15) is 5.69 Å². The van der Waals surface area contributed by atoms with Crippen LogP contribution in [0.3, 0.4) is 0 Å². The molecule has 1 atom stereocenters. The summed E-state index contributed by atoms with van der Waals surface area (Å²) in [5.41, 5.74) is 0.471. The average Bonchev–Trinajstić information content (AvgIpc) is 3.03. The van der Waals surface area contributed by atoms with Gasteiger partial charge in [0.05, 0.1) is 6.04 Å². The molecule has 23 heavy (non-hydrogen) atoms. The molecule has 0 spiro atoms. The predicted molar refractivity (Wildman–Crippen MR) is 87.4 cm³/mol. The highest BCUT2D eigenvalue weighted by atomic mass is 16.4. The molecule has 1 aliphatic rings. The molecule has 1 unspecified atom stereocenters. The Hall–Kier alpha value is -1.85. The first kappa shape index (κ1) is 17.5. The third-order valence-corrected chi connectivity index (χ3v) is 4.72. The molecular formula is C17H27N3O3. The summed E-state index contributed by atoms with van der Waals surface area (Å²) in [5, 5.41) is 13.4. The standard InChI is InChI=1S/C17H27N3O3/c1-3-13(4-2)20-12-10-15(18-20)17(23)19-11-6-5-7-14(19)8-9-16(21)22/h10,12-14H,3-9,11H2,1-2H3,(H,21,22). The van der Waals surface area contributed by atoms with Crippen LogP contribution in [0.4, 0.5) is 0 Å². The number of carboxylic acids is 1. The van der Waals surface area contributed by atoms with E-state index in [2.05, 4.69) is 18.9 Å². The first-order valence-corrected chi connectivity index (χ1v) is 8.64. The fraction of sp³-hybridized carbons (Fsp3) is 0.706. The van der Waals surface area contributed by atoms with E-state index in [9.17, 15) is 9.59 Å². The van der Waals surface area contributed by atoms with Crippen LogP contribution in [0.1, 0.15) is 75.3 Å². The summed E-state index contributed by atoms with van der Waals surface area (Å²) in [6, 6.07) is 2.12. The van der Waals surface area contributed by atoms with Crippen molar-refractivity contribution in [3.63, 3.8) is 0 Å². The van der Waals surface area contributed by atoms with Gasteiger partial charge in [0.2, 0.25) is 0 Å².